The Kier molecular flexibility index (Phi) is 6.39. The molecule has 1 aliphatic heterocycles. The number of carbonyl (C=O) groups is 1. The third-order valence-electron chi connectivity index (χ3n) is 4.22. The minimum Gasteiger partial charge on any atom is -0.218 e. The average Bonchev–Trinajstić information content (AvgIpc) is 3.35. The third kappa shape index (κ3) is 4.91. The second-order valence-corrected chi connectivity index (χ2v) is 9.15. The van der Waals surface area contributed by atoms with E-state index in [0.717, 1.165) is 17.1 Å². The van der Waals surface area contributed by atoms with Crippen LogP contribution >= 0.6 is 0 Å². The van der Waals surface area contributed by atoms with Crippen molar-refractivity contribution in [3.05, 3.63) is 88.5 Å². The van der Waals surface area contributed by atoms with E-state index >= 15 is 0 Å². The molecule has 0 spiro atoms. The van der Waals surface area contributed by atoms with E-state index in [-0.39, 0.29) is 11.4 Å². The summed E-state index contributed by atoms with van der Waals surface area (Å²) < 4.78 is 22.8. The van der Waals surface area contributed by atoms with Gasteiger partial charge in [-0.15, -0.1) is 0 Å². The Labute approximate surface area is 186 Å². The molecule has 0 radical (unpaired) electrons. The Morgan fingerprint density at radius 1 is 1.00 bits per heavy atom. The number of anilines is 2. The summed E-state index contributed by atoms with van der Waals surface area (Å²) >= 11 is 1.02. The van der Waals surface area contributed by atoms with Crippen LogP contribution in [0.5, 0.6) is 0 Å². The molecule has 3 aromatic rings. The maximum Gasteiger partial charge on any atom is 0.209 e. The van der Waals surface area contributed by atoms with Gasteiger partial charge in [0, 0.05) is 0 Å². The van der Waals surface area contributed by atoms with Gasteiger partial charge in [0.2, 0.25) is 9.84 Å². The maximum atomic E-state index is 12.2. The molecule has 31 heavy (non-hydrogen) atoms. The zero-order chi connectivity index (χ0) is 22.6. The number of nitrogens with zero attached hydrogens (tertiary/aromatic N) is 3. The molecule has 2 amide bonds. The van der Waals surface area contributed by atoms with E-state index in [1.54, 1.807) is 54.6 Å². The number of nitro groups is 1. The minimum atomic E-state index is -2.88. The quantitative estimate of drug-likeness (QED) is 0.200. The van der Waals surface area contributed by atoms with Crippen molar-refractivity contribution in [2.75, 3.05) is 9.13 Å². The SMILES string of the molecule is N#Cc1ccc(N([AsH2])C(=O)Nc2ccccc2[N+](=O)[O-])cc1.O=S1(=O)c2ccccc21. The zero-order valence-electron chi connectivity index (χ0n) is 15.8. The molecule has 3 aromatic carbocycles. The number of para-hydroxylation sites is 2. The number of benzene rings is 3. The first kappa shape index (κ1) is 22.0. The number of nitro benzene ring substituents is 1. The second kappa shape index (κ2) is 9.00. The molecule has 1 aliphatic rings. The summed E-state index contributed by atoms with van der Waals surface area (Å²) in [6.45, 7) is 0. The zero-order valence-corrected chi connectivity index (χ0v) is 19.0. The van der Waals surface area contributed by atoms with Crippen LogP contribution in [0.4, 0.5) is 21.9 Å². The summed E-state index contributed by atoms with van der Waals surface area (Å²) in [5.41, 5.74) is 1.05. The van der Waals surface area contributed by atoms with Crippen molar-refractivity contribution in [3.63, 3.8) is 0 Å². The first-order chi connectivity index (χ1) is 14.8. The van der Waals surface area contributed by atoms with E-state index in [0.29, 0.717) is 21.0 Å². The molecular formula is C20H15AsN4O5S. The van der Waals surface area contributed by atoms with Crippen molar-refractivity contribution in [3.8, 4) is 6.07 Å². The van der Waals surface area contributed by atoms with Crippen molar-refractivity contribution >= 4 is 50.0 Å². The summed E-state index contributed by atoms with van der Waals surface area (Å²) in [5.74, 6) is 0. The topological polar surface area (TPSA) is 133 Å². The Morgan fingerprint density at radius 2 is 1.55 bits per heavy atom. The summed E-state index contributed by atoms with van der Waals surface area (Å²) in [5, 5.41) is 22.2. The van der Waals surface area contributed by atoms with Gasteiger partial charge in [-0.3, -0.25) is 0 Å². The molecule has 1 atom stereocenters. The molecular weight excluding hydrogens is 483 g/mol. The smallest absolute Gasteiger partial charge is 0.209 e. The van der Waals surface area contributed by atoms with E-state index in [9.17, 15) is 23.3 Å². The van der Waals surface area contributed by atoms with Crippen molar-refractivity contribution in [2.24, 2.45) is 0 Å². The minimum absolute atomic E-state index is 0.133. The number of hydrogen-bond acceptors (Lipinski definition) is 6. The van der Waals surface area contributed by atoms with Crippen molar-refractivity contribution in [2.45, 2.75) is 9.79 Å². The molecule has 9 nitrogen and oxygen atoms in total. The predicted octanol–water partition coefficient (Wildman–Crippen LogP) is 2.89. The Hall–Kier alpha value is -3.67. The molecule has 1 heterocycles. The van der Waals surface area contributed by atoms with Crippen LogP contribution in [-0.4, -0.2) is 36.5 Å². The second-order valence-electron chi connectivity index (χ2n) is 6.18. The molecule has 156 valence electrons. The Morgan fingerprint density at radius 3 is 2.06 bits per heavy atom. The Bertz CT molecular complexity index is 1270. The fourth-order valence-electron chi connectivity index (χ4n) is 2.58. The fraction of sp³-hybridized carbons (Fsp3) is 0. The van der Waals surface area contributed by atoms with Crippen LogP contribution in [0, 0.1) is 21.4 Å². The van der Waals surface area contributed by atoms with Crippen molar-refractivity contribution in [1.29, 1.82) is 5.26 Å². The van der Waals surface area contributed by atoms with Crippen LogP contribution < -0.4 is 9.13 Å². The van der Waals surface area contributed by atoms with E-state index in [1.165, 1.54) is 22.0 Å². The summed E-state index contributed by atoms with van der Waals surface area (Å²) in [7, 11) is -2.88. The standard InChI is InChI=1S/C14H11AsN4O3.C6H4O2S/c15-18(11-7-5-10(9-16)6-8-11)14(20)17-12-3-1-2-4-13(12)19(21)22;7-9(8)5-3-1-2-4-6(5)9/h1-8H,15H2,(H,17,20);1-4H. The largest absolute Gasteiger partial charge is 0.218 e. The van der Waals surface area contributed by atoms with Gasteiger partial charge >= 0.3 is 135 Å². The molecule has 4 rings (SSSR count). The monoisotopic (exact) mass is 498 g/mol. The number of nitriles is 1. The Balaban J connectivity index is 0.000000248. The molecule has 0 aromatic heterocycles. The number of nitrogens with one attached hydrogen (secondary N) is 1. The number of rotatable bonds is 3. The molecule has 1 N–H and O–H groups in total. The van der Waals surface area contributed by atoms with Gasteiger partial charge in [0.05, 0.1) is 9.79 Å². The van der Waals surface area contributed by atoms with Crippen LogP contribution in [0.3, 0.4) is 0 Å². The fourth-order valence-corrected chi connectivity index (χ4v) is 4.38. The number of carbonyl (C=O) groups excluding carboxylic acids is 1. The van der Waals surface area contributed by atoms with Gasteiger partial charge in [0.25, 0.3) is 0 Å². The van der Waals surface area contributed by atoms with Gasteiger partial charge < -0.3 is 0 Å². The summed E-state index contributed by atoms with van der Waals surface area (Å²) in [6.07, 6.45) is 0. The van der Waals surface area contributed by atoms with Crippen LogP contribution in [0.1, 0.15) is 5.56 Å². The normalized spacial score (nSPS) is 12.3. The van der Waals surface area contributed by atoms with Gasteiger partial charge in [-0.05, 0) is 12.1 Å². The van der Waals surface area contributed by atoms with Gasteiger partial charge in [0.15, 0.2) is 0 Å². The van der Waals surface area contributed by atoms with E-state index in [4.69, 9.17) is 5.26 Å². The molecule has 11 heteroatoms. The summed E-state index contributed by atoms with van der Waals surface area (Å²) in [6, 6.07) is 20.6. The van der Waals surface area contributed by atoms with Gasteiger partial charge in [-0.25, -0.2) is 8.42 Å². The molecule has 0 bridgehead atoms. The van der Waals surface area contributed by atoms with Crippen LogP contribution in [0.15, 0.2) is 82.6 Å². The van der Waals surface area contributed by atoms with Gasteiger partial charge in [-0.1, -0.05) is 12.1 Å². The van der Waals surface area contributed by atoms with Crippen molar-refractivity contribution in [1.82, 2.24) is 0 Å². The first-order valence-corrected chi connectivity index (χ1v) is 11.3. The van der Waals surface area contributed by atoms with E-state index in [2.05, 4.69) is 5.32 Å². The van der Waals surface area contributed by atoms with Gasteiger partial charge in [0.1, 0.15) is 0 Å². The number of fused-ring (bicyclic) bond motifs is 1. The molecule has 0 saturated heterocycles. The van der Waals surface area contributed by atoms with E-state index < -0.39 is 20.8 Å². The maximum absolute atomic E-state index is 12.2. The van der Waals surface area contributed by atoms with Crippen LogP contribution in [0.2, 0.25) is 0 Å². The van der Waals surface area contributed by atoms with Crippen LogP contribution in [0.25, 0.3) is 0 Å². The van der Waals surface area contributed by atoms with Crippen LogP contribution in [-0.2, 0) is 9.84 Å². The average molecular weight is 498 g/mol. The summed E-state index contributed by atoms with van der Waals surface area (Å²) in [4.78, 5) is 23.5. The van der Waals surface area contributed by atoms with Gasteiger partial charge in [-0.2, -0.15) is 0 Å². The number of hydrogen-bond donors (Lipinski definition) is 1. The molecule has 1 unspecified atom stereocenters. The number of sulfone groups is 1. The molecule has 0 saturated carbocycles. The third-order valence-corrected chi connectivity index (χ3v) is 7.01. The number of amides is 2. The van der Waals surface area contributed by atoms with Crippen molar-refractivity contribution < 1.29 is 18.1 Å². The molecule has 0 fully saturated rings. The van der Waals surface area contributed by atoms with E-state index in [1.807, 2.05) is 6.07 Å². The number of urea groups is 1. The predicted molar refractivity (Wildman–Crippen MR) is 116 cm³/mol. The molecule has 0 aliphatic carbocycles. The first-order valence-electron chi connectivity index (χ1n) is 8.69.